The Bertz CT molecular complexity index is 428. The van der Waals surface area contributed by atoms with E-state index in [0.717, 1.165) is 13.1 Å². The van der Waals surface area contributed by atoms with Crippen LogP contribution in [0, 0.1) is 34.9 Å². The fourth-order valence-electron chi connectivity index (χ4n) is 2.47. The lowest BCUT2D eigenvalue weighted by molar-refractivity contribution is 0.623. The maximum atomic E-state index is 13.0. The summed E-state index contributed by atoms with van der Waals surface area (Å²) in [6, 6.07) is 5.10. The van der Waals surface area contributed by atoms with Crippen molar-refractivity contribution in [2.24, 2.45) is 17.8 Å². The molecule has 76 valence electrons. The van der Waals surface area contributed by atoms with Crippen molar-refractivity contribution in [1.82, 2.24) is 4.98 Å². The highest BCUT2D eigenvalue weighted by atomic mass is 19.1. The van der Waals surface area contributed by atoms with Crippen LogP contribution in [-0.2, 0) is 0 Å². The molecule has 3 rings (SSSR count). The molecule has 2 heterocycles. The Morgan fingerprint density at radius 2 is 2.20 bits per heavy atom. The summed E-state index contributed by atoms with van der Waals surface area (Å²) in [7, 11) is 0. The highest BCUT2D eigenvalue weighted by Crippen LogP contribution is 2.51. The van der Waals surface area contributed by atoms with Gasteiger partial charge in [0, 0.05) is 25.4 Å². The Balaban J connectivity index is 1.75. The van der Waals surface area contributed by atoms with Gasteiger partial charge in [0.05, 0.1) is 12.0 Å². The summed E-state index contributed by atoms with van der Waals surface area (Å²) in [4.78, 5) is 6.19. The van der Waals surface area contributed by atoms with E-state index in [1.54, 1.807) is 0 Å². The molecule has 1 aliphatic heterocycles. The molecule has 4 heteroatoms. The molecule has 2 fully saturated rings. The number of hydrogen-bond acceptors (Lipinski definition) is 3. The van der Waals surface area contributed by atoms with Crippen LogP contribution in [0.5, 0.6) is 0 Å². The van der Waals surface area contributed by atoms with Gasteiger partial charge in [-0.05, 0) is 17.9 Å². The lowest BCUT2D eigenvalue weighted by Gasteiger charge is -2.19. The molecule has 0 amide bonds. The smallest absolute Gasteiger partial charge is 0.131 e. The van der Waals surface area contributed by atoms with Gasteiger partial charge in [-0.1, -0.05) is 0 Å². The van der Waals surface area contributed by atoms with Crippen LogP contribution in [0.15, 0.2) is 18.3 Å². The highest BCUT2D eigenvalue weighted by molar-refractivity contribution is 5.42. The summed E-state index contributed by atoms with van der Waals surface area (Å²) in [5, 5.41) is 8.77. The Morgan fingerprint density at radius 3 is 2.80 bits per heavy atom. The van der Waals surface area contributed by atoms with E-state index in [1.807, 2.05) is 0 Å². The molecule has 0 unspecified atom stereocenters. The van der Waals surface area contributed by atoms with E-state index in [-0.39, 0.29) is 11.7 Å². The predicted octanol–water partition coefficient (Wildman–Crippen LogP) is 1.43. The van der Waals surface area contributed by atoms with E-state index in [9.17, 15) is 4.39 Å². The topological polar surface area (TPSA) is 39.9 Å². The minimum atomic E-state index is -0.252. The molecule has 3 nitrogen and oxygen atoms in total. The van der Waals surface area contributed by atoms with Gasteiger partial charge in [0.25, 0.3) is 0 Å². The molecule has 3 atom stereocenters. The number of nitriles is 1. The number of aromatic nitrogens is 1. The minimum absolute atomic E-state index is 0.231. The van der Waals surface area contributed by atoms with Crippen LogP contribution in [-0.4, -0.2) is 18.1 Å². The minimum Gasteiger partial charge on any atom is -0.356 e. The number of hydrogen-bond donors (Lipinski definition) is 0. The summed E-state index contributed by atoms with van der Waals surface area (Å²) in [6.45, 7) is 1.69. The van der Waals surface area contributed by atoms with Crippen LogP contribution in [0.3, 0.4) is 0 Å². The third kappa shape index (κ3) is 1.27. The second-order valence-corrected chi connectivity index (χ2v) is 4.22. The summed E-state index contributed by atoms with van der Waals surface area (Å²) < 4.78 is 13.0. The van der Waals surface area contributed by atoms with E-state index in [4.69, 9.17) is 5.26 Å². The van der Waals surface area contributed by atoms with Crippen LogP contribution in [0.2, 0.25) is 0 Å². The van der Waals surface area contributed by atoms with Gasteiger partial charge in [0.1, 0.15) is 11.6 Å². The van der Waals surface area contributed by atoms with Crippen LogP contribution < -0.4 is 4.90 Å². The van der Waals surface area contributed by atoms with Gasteiger partial charge in [-0.15, -0.1) is 0 Å². The predicted molar refractivity (Wildman–Crippen MR) is 52.5 cm³/mol. The van der Waals surface area contributed by atoms with Crippen molar-refractivity contribution in [3.8, 4) is 6.07 Å². The molecule has 1 aliphatic carbocycles. The van der Waals surface area contributed by atoms with Gasteiger partial charge >= 0.3 is 0 Å². The number of piperidine rings is 1. The van der Waals surface area contributed by atoms with E-state index >= 15 is 0 Å². The summed E-state index contributed by atoms with van der Waals surface area (Å²) >= 11 is 0. The quantitative estimate of drug-likeness (QED) is 0.693. The maximum absolute atomic E-state index is 13.0. The monoisotopic (exact) mass is 203 g/mol. The number of nitrogens with zero attached hydrogens (tertiary/aromatic N) is 3. The van der Waals surface area contributed by atoms with E-state index in [1.165, 1.54) is 18.3 Å². The van der Waals surface area contributed by atoms with Gasteiger partial charge in [-0.3, -0.25) is 0 Å². The Labute approximate surface area is 87.1 Å². The molecule has 0 radical (unpaired) electrons. The molecule has 0 spiro atoms. The average molecular weight is 203 g/mol. The van der Waals surface area contributed by atoms with E-state index < -0.39 is 0 Å². The van der Waals surface area contributed by atoms with Crippen molar-refractivity contribution >= 4 is 5.82 Å². The Hall–Kier alpha value is -1.63. The first kappa shape index (κ1) is 8.66. The van der Waals surface area contributed by atoms with Crippen molar-refractivity contribution in [3.05, 3.63) is 24.1 Å². The number of halogens is 1. The third-order valence-electron chi connectivity index (χ3n) is 3.37. The zero-order valence-electron chi connectivity index (χ0n) is 8.10. The first-order valence-corrected chi connectivity index (χ1v) is 5.05. The molecule has 0 N–H and O–H groups in total. The van der Waals surface area contributed by atoms with Gasteiger partial charge in [0.15, 0.2) is 0 Å². The molecule has 1 saturated carbocycles. The van der Waals surface area contributed by atoms with Crippen LogP contribution in [0.25, 0.3) is 0 Å². The Morgan fingerprint density at radius 1 is 1.47 bits per heavy atom. The highest BCUT2D eigenvalue weighted by Gasteiger charge is 2.56. The van der Waals surface area contributed by atoms with E-state index in [0.29, 0.717) is 17.7 Å². The molecule has 0 bridgehead atoms. The SMILES string of the molecule is N#C[C@@H]1[C@H]2CN(c3cc(F)ccn3)C[C@@H]12. The lowest BCUT2D eigenvalue weighted by Crippen LogP contribution is -2.24. The second kappa shape index (κ2) is 2.93. The first-order valence-electron chi connectivity index (χ1n) is 5.05. The summed E-state index contributed by atoms with van der Waals surface area (Å²) in [6.07, 6.45) is 1.48. The number of pyridine rings is 1. The normalized spacial score (nSPS) is 32.3. The Kier molecular flexibility index (Phi) is 1.69. The molecule has 0 aromatic carbocycles. The lowest BCUT2D eigenvalue weighted by atomic mass is 10.3. The van der Waals surface area contributed by atoms with Gasteiger partial charge < -0.3 is 4.90 Å². The van der Waals surface area contributed by atoms with Crippen molar-refractivity contribution in [2.45, 2.75) is 0 Å². The molecule has 1 aromatic heterocycles. The fraction of sp³-hybridized carbons (Fsp3) is 0.455. The zero-order valence-corrected chi connectivity index (χ0v) is 8.10. The van der Waals surface area contributed by atoms with Crippen molar-refractivity contribution in [1.29, 1.82) is 5.26 Å². The molecule has 1 saturated heterocycles. The molecular weight excluding hydrogens is 193 g/mol. The summed E-state index contributed by atoms with van der Waals surface area (Å²) in [5.41, 5.74) is 0. The average Bonchev–Trinajstić information content (AvgIpc) is 2.70. The summed E-state index contributed by atoms with van der Waals surface area (Å²) in [5.74, 6) is 1.64. The standard InChI is InChI=1S/C11H10FN3/c12-7-1-2-14-11(3-7)15-5-9-8(4-13)10(9)6-15/h1-3,8-10H,5-6H2/t8-,9-,10+. The van der Waals surface area contributed by atoms with Gasteiger partial charge in [-0.25, -0.2) is 9.37 Å². The van der Waals surface area contributed by atoms with Crippen LogP contribution in [0.1, 0.15) is 0 Å². The van der Waals surface area contributed by atoms with Crippen molar-refractivity contribution in [3.63, 3.8) is 0 Å². The molecular formula is C11H10FN3. The van der Waals surface area contributed by atoms with Crippen molar-refractivity contribution < 1.29 is 4.39 Å². The number of anilines is 1. The van der Waals surface area contributed by atoms with Crippen molar-refractivity contribution in [2.75, 3.05) is 18.0 Å². The maximum Gasteiger partial charge on any atom is 0.131 e. The molecule has 1 aromatic rings. The molecule has 15 heavy (non-hydrogen) atoms. The third-order valence-corrected chi connectivity index (χ3v) is 3.37. The zero-order chi connectivity index (χ0) is 10.4. The largest absolute Gasteiger partial charge is 0.356 e. The van der Waals surface area contributed by atoms with E-state index in [2.05, 4.69) is 16.0 Å². The first-order chi connectivity index (χ1) is 7.29. The molecule has 2 aliphatic rings. The number of rotatable bonds is 1. The van der Waals surface area contributed by atoms with Crippen LogP contribution in [0.4, 0.5) is 10.2 Å². The van der Waals surface area contributed by atoms with Gasteiger partial charge in [0.2, 0.25) is 0 Å². The van der Waals surface area contributed by atoms with Crippen LogP contribution >= 0.6 is 0 Å². The fourth-order valence-corrected chi connectivity index (χ4v) is 2.47. The second-order valence-electron chi connectivity index (χ2n) is 4.22. The van der Waals surface area contributed by atoms with Gasteiger partial charge in [-0.2, -0.15) is 5.26 Å². The number of fused-ring (bicyclic) bond motifs is 1.